The molecule has 0 aromatic heterocycles. The van der Waals surface area contributed by atoms with Crippen molar-refractivity contribution in [3.63, 3.8) is 0 Å². The van der Waals surface area contributed by atoms with E-state index >= 15 is 0 Å². The van der Waals surface area contributed by atoms with Gasteiger partial charge in [0.15, 0.2) is 5.78 Å². The van der Waals surface area contributed by atoms with E-state index in [4.69, 9.17) is 0 Å². The fourth-order valence-electron chi connectivity index (χ4n) is 1.76. The van der Waals surface area contributed by atoms with Gasteiger partial charge in [0, 0.05) is 42.9 Å². The topological polar surface area (TPSA) is 104 Å². The standard InChI is InChI=1S/C17H21N3O4/c1-11(10-16(23)19-9-8-18-13(3)22)17(24)20-15-6-4-14(5-7-15)12(2)21/h4-7,10H,8-9H2,1-3H3,(H,18,22)(H,19,23)(H,20,24)/b11-10-. The van der Waals surface area contributed by atoms with E-state index in [2.05, 4.69) is 16.0 Å². The molecule has 3 amide bonds. The molecule has 0 saturated carbocycles. The van der Waals surface area contributed by atoms with Crippen molar-refractivity contribution >= 4 is 29.2 Å². The highest BCUT2D eigenvalue weighted by Crippen LogP contribution is 2.11. The zero-order valence-corrected chi connectivity index (χ0v) is 13.9. The van der Waals surface area contributed by atoms with Crippen LogP contribution in [0.4, 0.5) is 5.69 Å². The maximum atomic E-state index is 12.0. The minimum absolute atomic E-state index is 0.0557. The van der Waals surface area contributed by atoms with Crippen LogP contribution in [0.15, 0.2) is 35.9 Å². The van der Waals surface area contributed by atoms with Gasteiger partial charge in [0.05, 0.1) is 0 Å². The predicted octanol–water partition coefficient (Wildman–Crippen LogP) is 1.03. The van der Waals surface area contributed by atoms with Crippen molar-refractivity contribution in [2.24, 2.45) is 0 Å². The zero-order valence-electron chi connectivity index (χ0n) is 13.9. The number of ketones is 1. The third-order valence-corrected chi connectivity index (χ3v) is 3.05. The van der Waals surface area contributed by atoms with E-state index in [0.717, 1.165) is 0 Å². The Labute approximate surface area is 140 Å². The number of carbonyl (C=O) groups excluding carboxylic acids is 4. The molecule has 0 bridgehead atoms. The number of Topliss-reactive ketones (excluding diaryl/α,β-unsaturated/α-hetero) is 1. The molecule has 1 aromatic carbocycles. The molecule has 7 nitrogen and oxygen atoms in total. The second kappa shape index (κ2) is 9.24. The summed E-state index contributed by atoms with van der Waals surface area (Å²) < 4.78 is 0. The lowest BCUT2D eigenvalue weighted by Crippen LogP contribution is -2.33. The summed E-state index contributed by atoms with van der Waals surface area (Å²) in [5.74, 6) is -1.06. The van der Waals surface area contributed by atoms with Crippen LogP contribution in [-0.4, -0.2) is 36.6 Å². The van der Waals surface area contributed by atoms with Crippen LogP contribution in [0, 0.1) is 0 Å². The van der Waals surface area contributed by atoms with Gasteiger partial charge >= 0.3 is 0 Å². The smallest absolute Gasteiger partial charge is 0.251 e. The quantitative estimate of drug-likeness (QED) is 0.394. The maximum Gasteiger partial charge on any atom is 0.251 e. The molecule has 0 saturated heterocycles. The first-order chi connectivity index (χ1) is 11.3. The second-order valence-corrected chi connectivity index (χ2v) is 5.19. The van der Waals surface area contributed by atoms with Crippen molar-refractivity contribution in [1.29, 1.82) is 0 Å². The molecule has 7 heteroatoms. The molecule has 1 rings (SSSR count). The summed E-state index contributed by atoms with van der Waals surface area (Å²) in [4.78, 5) is 45.5. The Morgan fingerprint density at radius 2 is 1.50 bits per heavy atom. The maximum absolute atomic E-state index is 12.0. The highest BCUT2D eigenvalue weighted by atomic mass is 16.2. The lowest BCUT2D eigenvalue weighted by Gasteiger charge is -2.07. The van der Waals surface area contributed by atoms with E-state index in [1.54, 1.807) is 24.3 Å². The second-order valence-electron chi connectivity index (χ2n) is 5.19. The van der Waals surface area contributed by atoms with Gasteiger partial charge < -0.3 is 16.0 Å². The van der Waals surface area contributed by atoms with Crippen LogP contribution in [0.2, 0.25) is 0 Å². The van der Waals surface area contributed by atoms with Gasteiger partial charge in [-0.2, -0.15) is 0 Å². The van der Waals surface area contributed by atoms with Crippen LogP contribution >= 0.6 is 0 Å². The summed E-state index contributed by atoms with van der Waals surface area (Å²) >= 11 is 0. The SMILES string of the molecule is CC(=O)NCCNC(=O)/C=C(/C)C(=O)Nc1ccc(C(C)=O)cc1. The van der Waals surface area contributed by atoms with Crippen LogP contribution in [0.3, 0.4) is 0 Å². The molecule has 0 fully saturated rings. The first-order valence-electron chi connectivity index (χ1n) is 7.42. The van der Waals surface area contributed by atoms with Gasteiger partial charge in [0.1, 0.15) is 0 Å². The third-order valence-electron chi connectivity index (χ3n) is 3.05. The third kappa shape index (κ3) is 6.87. The van der Waals surface area contributed by atoms with Crippen molar-refractivity contribution < 1.29 is 19.2 Å². The molecule has 128 valence electrons. The Hall–Kier alpha value is -2.96. The minimum Gasteiger partial charge on any atom is -0.355 e. The van der Waals surface area contributed by atoms with Crippen LogP contribution in [-0.2, 0) is 14.4 Å². The van der Waals surface area contributed by atoms with Crippen LogP contribution in [0.5, 0.6) is 0 Å². The van der Waals surface area contributed by atoms with E-state index in [-0.39, 0.29) is 23.8 Å². The fraction of sp³-hybridized carbons (Fsp3) is 0.294. The van der Waals surface area contributed by atoms with Crippen molar-refractivity contribution in [2.75, 3.05) is 18.4 Å². The normalized spacial score (nSPS) is 10.7. The molecule has 0 spiro atoms. The molecule has 0 aliphatic carbocycles. The molecular formula is C17H21N3O4. The summed E-state index contributed by atoms with van der Waals surface area (Å²) in [5.41, 5.74) is 1.32. The van der Waals surface area contributed by atoms with Crippen LogP contribution < -0.4 is 16.0 Å². The monoisotopic (exact) mass is 331 g/mol. The number of rotatable bonds is 7. The number of amides is 3. The molecule has 3 N–H and O–H groups in total. The van der Waals surface area contributed by atoms with Gasteiger partial charge in [0.25, 0.3) is 5.91 Å². The molecule has 0 unspecified atom stereocenters. The molecular weight excluding hydrogens is 310 g/mol. The van der Waals surface area contributed by atoms with E-state index in [1.807, 2.05) is 0 Å². The van der Waals surface area contributed by atoms with Gasteiger partial charge in [-0.25, -0.2) is 0 Å². The Morgan fingerprint density at radius 3 is 2.04 bits per heavy atom. The van der Waals surface area contributed by atoms with Gasteiger partial charge in [-0.15, -0.1) is 0 Å². The number of hydrogen-bond donors (Lipinski definition) is 3. The average molecular weight is 331 g/mol. The average Bonchev–Trinajstić information content (AvgIpc) is 2.51. The summed E-state index contributed by atoms with van der Waals surface area (Å²) in [5, 5.41) is 7.74. The molecule has 24 heavy (non-hydrogen) atoms. The number of hydrogen-bond acceptors (Lipinski definition) is 4. The van der Waals surface area contributed by atoms with Crippen molar-refractivity contribution in [2.45, 2.75) is 20.8 Å². The molecule has 1 aromatic rings. The highest BCUT2D eigenvalue weighted by Gasteiger charge is 2.08. The number of nitrogens with one attached hydrogen (secondary N) is 3. The first-order valence-corrected chi connectivity index (χ1v) is 7.42. The molecule has 0 aliphatic heterocycles. The Bertz CT molecular complexity index is 663. The first kappa shape index (κ1) is 19.1. The molecule has 0 atom stereocenters. The number of carbonyl (C=O) groups is 4. The lowest BCUT2D eigenvalue weighted by atomic mass is 10.1. The Balaban J connectivity index is 2.52. The summed E-state index contributed by atoms with van der Waals surface area (Å²) in [6.07, 6.45) is 1.19. The van der Waals surface area contributed by atoms with E-state index < -0.39 is 11.8 Å². The summed E-state index contributed by atoms with van der Waals surface area (Å²) in [7, 11) is 0. The van der Waals surface area contributed by atoms with Crippen LogP contribution in [0.1, 0.15) is 31.1 Å². The van der Waals surface area contributed by atoms with Gasteiger partial charge in [-0.05, 0) is 38.1 Å². The predicted molar refractivity (Wildman–Crippen MR) is 90.5 cm³/mol. The van der Waals surface area contributed by atoms with E-state index in [9.17, 15) is 19.2 Å². The summed E-state index contributed by atoms with van der Waals surface area (Å²) in [6, 6.07) is 6.47. The minimum atomic E-state index is -0.417. The van der Waals surface area contributed by atoms with Crippen molar-refractivity contribution in [1.82, 2.24) is 10.6 Å². The number of anilines is 1. The molecule has 0 aliphatic rings. The zero-order chi connectivity index (χ0) is 18.1. The summed E-state index contributed by atoms with van der Waals surface area (Å²) in [6.45, 7) is 4.97. The van der Waals surface area contributed by atoms with Crippen LogP contribution in [0.25, 0.3) is 0 Å². The largest absolute Gasteiger partial charge is 0.355 e. The lowest BCUT2D eigenvalue weighted by molar-refractivity contribution is -0.119. The van der Waals surface area contributed by atoms with Crippen molar-refractivity contribution in [3.05, 3.63) is 41.5 Å². The number of benzene rings is 1. The Morgan fingerprint density at radius 1 is 0.917 bits per heavy atom. The molecule has 0 heterocycles. The van der Waals surface area contributed by atoms with E-state index in [0.29, 0.717) is 17.8 Å². The van der Waals surface area contributed by atoms with Gasteiger partial charge in [-0.3, -0.25) is 19.2 Å². The molecule has 0 radical (unpaired) electrons. The Kier molecular flexibility index (Phi) is 7.35. The van der Waals surface area contributed by atoms with Gasteiger partial charge in [-0.1, -0.05) is 0 Å². The van der Waals surface area contributed by atoms with E-state index in [1.165, 1.54) is 26.8 Å². The van der Waals surface area contributed by atoms with Crippen molar-refractivity contribution in [3.8, 4) is 0 Å². The fourth-order valence-corrected chi connectivity index (χ4v) is 1.76. The van der Waals surface area contributed by atoms with Gasteiger partial charge in [0.2, 0.25) is 11.8 Å². The highest BCUT2D eigenvalue weighted by molar-refractivity contribution is 6.07.